The third kappa shape index (κ3) is 3.97. The third-order valence-corrected chi connectivity index (χ3v) is 3.77. The second-order valence-corrected chi connectivity index (χ2v) is 5.43. The molecule has 0 bridgehead atoms. The second kappa shape index (κ2) is 6.75. The lowest BCUT2D eigenvalue weighted by molar-refractivity contribution is 0.00525. The van der Waals surface area contributed by atoms with Crippen LogP contribution in [0.1, 0.15) is 49.4 Å². The molecular weight excluding hydrogens is 254 g/mol. The van der Waals surface area contributed by atoms with E-state index in [0.717, 1.165) is 25.7 Å². The van der Waals surface area contributed by atoms with Crippen molar-refractivity contribution >= 4 is 5.91 Å². The zero-order chi connectivity index (χ0) is 14.4. The van der Waals surface area contributed by atoms with Gasteiger partial charge in [0.25, 0.3) is 5.91 Å². The maximum absolute atomic E-state index is 12.1. The minimum absolute atomic E-state index is 0.162. The molecule has 1 aromatic rings. The van der Waals surface area contributed by atoms with Crippen LogP contribution in [0.15, 0.2) is 24.3 Å². The number of rotatable bonds is 5. The Kier molecular flexibility index (Phi) is 5.01. The van der Waals surface area contributed by atoms with Crippen LogP contribution in [0, 0.1) is 0 Å². The number of nitrogens with one attached hydrogen (secondary N) is 1. The number of amides is 1. The van der Waals surface area contributed by atoms with Crippen molar-refractivity contribution in [3.05, 3.63) is 29.8 Å². The van der Waals surface area contributed by atoms with Gasteiger partial charge in [0, 0.05) is 12.1 Å². The molecule has 0 radical (unpaired) electrons. The van der Waals surface area contributed by atoms with E-state index in [1.165, 1.54) is 6.42 Å². The Bertz CT molecular complexity index is 453. The highest BCUT2D eigenvalue weighted by Crippen LogP contribution is 2.27. The van der Waals surface area contributed by atoms with Crippen LogP contribution in [-0.2, 0) is 0 Å². The molecule has 1 saturated carbocycles. The predicted octanol–water partition coefficient (Wildman–Crippen LogP) is 2.51. The largest absolute Gasteiger partial charge is 0.494 e. The van der Waals surface area contributed by atoms with Gasteiger partial charge in [0.1, 0.15) is 5.75 Å². The Balaban J connectivity index is 1.92. The summed E-state index contributed by atoms with van der Waals surface area (Å²) in [5, 5.41) is 13.2. The first-order valence-electron chi connectivity index (χ1n) is 7.36. The summed E-state index contributed by atoms with van der Waals surface area (Å²) in [4.78, 5) is 12.1. The summed E-state index contributed by atoms with van der Waals surface area (Å²) in [6.45, 7) is 2.81. The summed E-state index contributed by atoms with van der Waals surface area (Å²) in [6, 6.07) is 7.11. The highest BCUT2D eigenvalue weighted by Gasteiger charge is 2.29. The number of hydrogen-bond acceptors (Lipinski definition) is 3. The fraction of sp³-hybridized carbons (Fsp3) is 0.562. The van der Waals surface area contributed by atoms with Gasteiger partial charge in [0.2, 0.25) is 0 Å². The van der Waals surface area contributed by atoms with Crippen molar-refractivity contribution in [2.45, 2.75) is 44.6 Å². The second-order valence-electron chi connectivity index (χ2n) is 5.43. The van der Waals surface area contributed by atoms with Crippen LogP contribution in [0.25, 0.3) is 0 Å². The van der Waals surface area contributed by atoms with Gasteiger partial charge in [0.15, 0.2) is 0 Å². The van der Waals surface area contributed by atoms with Crippen molar-refractivity contribution in [3.8, 4) is 5.75 Å². The molecule has 1 aliphatic rings. The van der Waals surface area contributed by atoms with Crippen LogP contribution in [0.2, 0.25) is 0 Å². The predicted molar refractivity (Wildman–Crippen MR) is 78.0 cm³/mol. The molecule has 1 aromatic carbocycles. The fourth-order valence-electron chi connectivity index (χ4n) is 2.63. The fourth-order valence-corrected chi connectivity index (χ4v) is 2.63. The first-order chi connectivity index (χ1) is 9.63. The highest BCUT2D eigenvalue weighted by atomic mass is 16.5. The molecule has 1 fully saturated rings. The molecule has 0 saturated heterocycles. The van der Waals surface area contributed by atoms with E-state index in [2.05, 4.69) is 5.32 Å². The van der Waals surface area contributed by atoms with Crippen molar-refractivity contribution < 1.29 is 14.6 Å². The minimum Gasteiger partial charge on any atom is -0.494 e. The maximum Gasteiger partial charge on any atom is 0.251 e. The molecule has 0 heterocycles. The van der Waals surface area contributed by atoms with Crippen molar-refractivity contribution in [2.24, 2.45) is 0 Å². The van der Waals surface area contributed by atoms with Crippen LogP contribution in [0.5, 0.6) is 5.75 Å². The molecule has 2 rings (SSSR count). The van der Waals surface area contributed by atoms with E-state index in [-0.39, 0.29) is 5.91 Å². The monoisotopic (exact) mass is 277 g/mol. The molecule has 4 nitrogen and oxygen atoms in total. The maximum atomic E-state index is 12.1. The van der Waals surface area contributed by atoms with E-state index in [1.54, 1.807) is 18.2 Å². The zero-order valence-corrected chi connectivity index (χ0v) is 12.0. The van der Waals surface area contributed by atoms with Crippen LogP contribution < -0.4 is 10.1 Å². The summed E-state index contributed by atoms with van der Waals surface area (Å²) in [5.74, 6) is 0.530. The third-order valence-electron chi connectivity index (χ3n) is 3.77. The average molecular weight is 277 g/mol. The first-order valence-corrected chi connectivity index (χ1v) is 7.36. The Hall–Kier alpha value is -1.55. The van der Waals surface area contributed by atoms with E-state index < -0.39 is 5.60 Å². The minimum atomic E-state index is -0.731. The molecular formula is C16H23NO3. The van der Waals surface area contributed by atoms with Crippen LogP contribution in [0.4, 0.5) is 0 Å². The van der Waals surface area contributed by atoms with Gasteiger partial charge >= 0.3 is 0 Å². The molecule has 1 aliphatic carbocycles. The summed E-state index contributed by atoms with van der Waals surface area (Å²) < 4.78 is 5.38. The number of aliphatic hydroxyl groups is 1. The lowest BCUT2D eigenvalue weighted by Crippen LogP contribution is -2.44. The van der Waals surface area contributed by atoms with Gasteiger partial charge in [-0.25, -0.2) is 0 Å². The number of ether oxygens (including phenoxy) is 1. The van der Waals surface area contributed by atoms with E-state index in [0.29, 0.717) is 24.5 Å². The van der Waals surface area contributed by atoms with Gasteiger partial charge in [-0.1, -0.05) is 25.3 Å². The van der Waals surface area contributed by atoms with Crippen LogP contribution in [0.3, 0.4) is 0 Å². The molecule has 110 valence electrons. The Labute approximate surface area is 120 Å². The van der Waals surface area contributed by atoms with Crippen LogP contribution in [-0.4, -0.2) is 29.8 Å². The van der Waals surface area contributed by atoms with E-state index in [9.17, 15) is 9.90 Å². The van der Waals surface area contributed by atoms with Gasteiger partial charge in [-0.15, -0.1) is 0 Å². The summed E-state index contributed by atoms with van der Waals surface area (Å²) in [5.41, 5.74) is -0.166. The molecule has 0 aliphatic heterocycles. The summed E-state index contributed by atoms with van der Waals surface area (Å²) in [7, 11) is 0. The average Bonchev–Trinajstić information content (AvgIpc) is 2.46. The lowest BCUT2D eigenvalue weighted by Gasteiger charge is -2.32. The van der Waals surface area contributed by atoms with Gasteiger partial charge in [0.05, 0.1) is 12.2 Å². The SMILES string of the molecule is CCOc1cccc(C(=O)NCC2(O)CCCCC2)c1. The Morgan fingerprint density at radius 2 is 2.10 bits per heavy atom. The number of benzene rings is 1. The lowest BCUT2D eigenvalue weighted by atomic mass is 9.85. The van der Waals surface area contributed by atoms with Crippen molar-refractivity contribution in [2.75, 3.05) is 13.2 Å². The zero-order valence-electron chi connectivity index (χ0n) is 12.0. The molecule has 2 N–H and O–H groups in total. The quantitative estimate of drug-likeness (QED) is 0.869. The van der Waals surface area contributed by atoms with Crippen molar-refractivity contribution in [3.63, 3.8) is 0 Å². The van der Waals surface area contributed by atoms with E-state index in [1.807, 2.05) is 13.0 Å². The van der Waals surface area contributed by atoms with Crippen LogP contribution >= 0.6 is 0 Å². The van der Waals surface area contributed by atoms with Gasteiger partial charge in [-0.3, -0.25) is 4.79 Å². The van der Waals surface area contributed by atoms with Gasteiger partial charge < -0.3 is 15.2 Å². The molecule has 0 aromatic heterocycles. The number of carbonyl (C=O) groups is 1. The normalized spacial score (nSPS) is 17.5. The Morgan fingerprint density at radius 3 is 2.80 bits per heavy atom. The summed E-state index contributed by atoms with van der Waals surface area (Å²) in [6.07, 6.45) is 4.78. The number of hydrogen-bond donors (Lipinski definition) is 2. The smallest absolute Gasteiger partial charge is 0.251 e. The van der Waals surface area contributed by atoms with E-state index >= 15 is 0 Å². The summed E-state index contributed by atoms with van der Waals surface area (Å²) >= 11 is 0. The highest BCUT2D eigenvalue weighted by molar-refractivity contribution is 5.94. The molecule has 0 unspecified atom stereocenters. The molecule has 1 amide bonds. The van der Waals surface area contributed by atoms with Gasteiger partial charge in [-0.2, -0.15) is 0 Å². The van der Waals surface area contributed by atoms with Gasteiger partial charge in [-0.05, 0) is 38.0 Å². The van der Waals surface area contributed by atoms with E-state index in [4.69, 9.17) is 4.74 Å². The molecule has 4 heteroatoms. The topological polar surface area (TPSA) is 58.6 Å². The molecule has 20 heavy (non-hydrogen) atoms. The first kappa shape index (κ1) is 14.9. The molecule has 0 spiro atoms. The standard InChI is InChI=1S/C16H23NO3/c1-2-20-14-8-6-7-13(11-14)15(18)17-12-16(19)9-4-3-5-10-16/h6-8,11,19H,2-5,9-10,12H2,1H3,(H,17,18). The number of carbonyl (C=O) groups excluding carboxylic acids is 1. The van der Waals surface area contributed by atoms with Crippen molar-refractivity contribution in [1.82, 2.24) is 5.32 Å². The van der Waals surface area contributed by atoms with Crippen molar-refractivity contribution in [1.29, 1.82) is 0 Å². The Morgan fingerprint density at radius 1 is 1.35 bits per heavy atom. The molecule has 0 atom stereocenters.